The largest absolute Gasteiger partial charge is 0.496 e. The number of nitrogens with zero attached hydrogens (tertiary/aromatic N) is 1. The second-order valence-electron chi connectivity index (χ2n) is 5.63. The molecule has 3 aromatic rings. The molecule has 0 aliphatic heterocycles. The van der Waals surface area contributed by atoms with Crippen molar-refractivity contribution in [1.82, 2.24) is 10.3 Å². The molecule has 3 rings (SSSR count). The van der Waals surface area contributed by atoms with E-state index in [1.165, 1.54) is 0 Å². The summed E-state index contributed by atoms with van der Waals surface area (Å²) in [7, 11) is 1.54. The van der Waals surface area contributed by atoms with E-state index in [0.717, 1.165) is 16.8 Å². The number of guanidine groups is 1. The highest BCUT2D eigenvalue weighted by atomic mass is 35.5. The van der Waals surface area contributed by atoms with Crippen molar-refractivity contribution in [3.8, 4) is 17.0 Å². The Morgan fingerprint density at radius 1 is 1.27 bits per heavy atom. The second-order valence-corrected chi connectivity index (χ2v) is 6.07. The SMILES string of the molecule is COc1cc(Cl)cc2nc(-c3ccccc3C)cc(NC(=N)NC=O)c12. The van der Waals surface area contributed by atoms with Crippen molar-refractivity contribution < 1.29 is 9.53 Å². The van der Waals surface area contributed by atoms with Crippen LogP contribution in [0.25, 0.3) is 22.2 Å². The average Bonchev–Trinajstić information content (AvgIpc) is 2.61. The van der Waals surface area contributed by atoms with Crippen LogP contribution in [0.5, 0.6) is 5.75 Å². The number of halogens is 1. The number of amides is 1. The maximum absolute atomic E-state index is 10.6. The summed E-state index contributed by atoms with van der Waals surface area (Å²) in [5.41, 5.74) is 3.96. The highest BCUT2D eigenvalue weighted by Crippen LogP contribution is 2.37. The Hall–Kier alpha value is -3.12. The number of hydrogen-bond donors (Lipinski definition) is 3. The number of methoxy groups -OCH3 is 1. The van der Waals surface area contributed by atoms with Gasteiger partial charge in [-0.3, -0.25) is 15.5 Å². The molecule has 6 nitrogen and oxygen atoms in total. The Labute approximate surface area is 155 Å². The fraction of sp³-hybridized carbons (Fsp3) is 0.105. The van der Waals surface area contributed by atoms with Gasteiger partial charge in [0, 0.05) is 10.6 Å². The van der Waals surface area contributed by atoms with Crippen LogP contribution in [0.1, 0.15) is 5.56 Å². The second kappa shape index (κ2) is 7.41. The number of nitrogens with one attached hydrogen (secondary N) is 3. The molecule has 1 aromatic heterocycles. The van der Waals surface area contributed by atoms with Gasteiger partial charge in [-0.05, 0) is 30.7 Å². The summed E-state index contributed by atoms with van der Waals surface area (Å²) in [6, 6.07) is 13.1. The monoisotopic (exact) mass is 368 g/mol. The van der Waals surface area contributed by atoms with Gasteiger partial charge in [-0.25, -0.2) is 4.98 Å². The number of aryl methyl sites for hydroxylation is 1. The minimum absolute atomic E-state index is 0.153. The van der Waals surface area contributed by atoms with Crippen molar-refractivity contribution in [1.29, 1.82) is 5.41 Å². The first-order valence-corrected chi connectivity index (χ1v) is 8.21. The lowest BCUT2D eigenvalue weighted by atomic mass is 10.0. The maximum atomic E-state index is 10.6. The topological polar surface area (TPSA) is 87.1 Å². The summed E-state index contributed by atoms with van der Waals surface area (Å²) in [6.45, 7) is 2.00. The van der Waals surface area contributed by atoms with Crippen molar-refractivity contribution in [3.63, 3.8) is 0 Å². The van der Waals surface area contributed by atoms with Gasteiger partial charge in [-0.1, -0.05) is 35.9 Å². The summed E-state index contributed by atoms with van der Waals surface area (Å²) in [6.07, 6.45) is 0.440. The molecule has 3 N–H and O–H groups in total. The van der Waals surface area contributed by atoms with Crippen LogP contribution in [0.2, 0.25) is 5.02 Å². The third kappa shape index (κ3) is 3.45. The number of fused-ring (bicyclic) bond motifs is 1. The van der Waals surface area contributed by atoms with Gasteiger partial charge in [0.05, 0.1) is 29.4 Å². The first-order chi connectivity index (χ1) is 12.5. The van der Waals surface area contributed by atoms with Crippen LogP contribution in [0.3, 0.4) is 0 Å². The van der Waals surface area contributed by atoms with Crippen molar-refractivity contribution in [2.75, 3.05) is 12.4 Å². The minimum Gasteiger partial charge on any atom is -0.496 e. The zero-order chi connectivity index (χ0) is 18.7. The molecule has 1 heterocycles. The maximum Gasteiger partial charge on any atom is 0.213 e. The Morgan fingerprint density at radius 2 is 2.04 bits per heavy atom. The summed E-state index contributed by atoms with van der Waals surface area (Å²) in [5, 5.41) is 14.2. The molecule has 0 saturated carbocycles. The van der Waals surface area contributed by atoms with Gasteiger partial charge in [-0.15, -0.1) is 0 Å². The molecule has 0 unspecified atom stereocenters. The number of rotatable bonds is 4. The van der Waals surface area contributed by atoms with E-state index in [0.29, 0.717) is 33.8 Å². The van der Waals surface area contributed by atoms with Gasteiger partial charge in [0.2, 0.25) is 6.41 Å². The quantitative estimate of drug-likeness (QED) is 0.369. The highest BCUT2D eigenvalue weighted by Gasteiger charge is 2.15. The Kier molecular flexibility index (Phi) is 5.04. The van der Waals surface area contributed by atoms with Crippen LogP contribution in [-0.2, 0) is 4.79 Å². The van der Waals surface area contributed by atoms with E-state index in [2.05, 4.69) is 10.6 Å². The predicted octanol–water partition coefficient (Wildman–Crippen LogP) is 3.96. The molecule has 1 amide bonds. The molecule has 0 radical (unpaired) electrons. The van der Waals surface area contributed by atoms with E-state index in [-0.39, 0.29) is 5.96 Å². The van der Waals surface area contributed by atoms with E-state index >= 15 is 0 Å². The third-order valence-corrected chi connectivity index (χ3v) is 4.16. The van der Waals surface area contributed by atoms with Gasteiger partial charge in [0.1, 0.15) is 5.75 Å². The van der Waals surface area contributed by atoms with Gasteiger partial charge in [0.15, 0.2) is 5.96 Å². The lowest BCUT2D eigenvalue weighted by Gasteiger charge is -2.15. The standard InChI is InChI=1S/C19H17ClN4O2/c1-11-5-3-4-6-13(11)14-9-16(24-19(21)22-10-25)18-15(23-14)7-12(20)8-17(18)26-2/h3-10H,1-2H3,(H3,21,22,23,24,25). The van der Waals surface area contributed by atoms with Gasteiger partial charge >= 0.3 is 0 Å². The van der Waals surface area contributed by atoms with E-state index < -0.39 is 0 Å². The molecular weight excluding hydrogens is 352 g/mol. The summed E-state index contributed by atoms with van der Waals surface area (Å²) in [4.78, 5) is 15.3. The molecule has 0 atom stereocenters. The fourth-order valence-corrected chi connectivity index (χ4v) is 2.99. The number of benzene rings is 2. The van der Waals surface area contributed by atoms with Crippen LogP contribution in [0, 0.1) is 12.3 Å². The van der Waals surface area contributed by atoms with Gasteiger partial charge in [-0.2, -0.15) is 0 Å². The van der Waals surface area contributed by atoms with E-state index in [4.69, 9.17) is 26.7 Å². The first kappa shape index (κ1) is 17.7. The Morgan fingerprint density at radius 3 is 2.73 bits per heavy atom. The van der Waals surface area contributed by atoms with Gasteiger partial charge < -0.3 is 10.1 Å². The predicted molar refractivity (Wildman–Crippen MR) is 104 cm³/mol. The van der Waals surface area contributed by atoms with Crippen molar-refractivity contribution in [2.45, 2.75) is 6.92 Å². The van der Waals surface area contributed by atoms with Crippen molar-refractivity contribution in [3.05, 3.63) is 53.1 Å². The molecular formula is C19H17ClN4O2. The first-order valence-electron chi connectivity index (χ1n) is 7.83. The zero-order valence-corrected chi connectivity index (χ0v) is 15.0. The lowest BCUT2D eigenvalue weighted by molar-refractivity contribution is -0.108. The smallest absolute Gasteiger partial charge is 0.213 e. The molecule has 26 heavy (non-hydrogen) atoms. The molecule has 0 aliphatic carbocycles. The van der Waals surface area contributed by atoms with Crippen molar-refractivity contribution >= 4 is 40.6 Å². The van der Waals surface area contributed by atoms with Crippen LogP contribution in [-0.4, -0.2) is 24.5 Å². The molecule has 132 valence electrons. The number of carbonyl (C=O) groups is 1. The number of hydrogen-bond acceptors (Lipinski definition) is 4. The molecule has 2 aromatic carbocycles. The van der Waals surface area contributed by atoms with Gasteiger partial charge in [0.25, 0.3) is 0 Å². The zero-order valence-electron chi connectivity index (χ0n) is 14.3. The summed E-state index contributed by atoms with van der Waals surface area (Å²) >= 11 is 6.20. The summed E-state index contributed by atoms with van der Waals surface area (Å²) in [5.74, 6) is 0.373. The Bertz CT molecular complexity index is 1000. The molecule has 7 heteroatoms. The number of anilines is 1. The van der Waals surface area contributed by atoms with Crippen molar-refractivity contribution in [2.24, 2.45) is 0 Å². The fourth-order valence-electron chi connectivity index (χ4n) is 2.79. The number of pyridine rings is 1. The van der Waals surface area contributed by atoms with Crippen LogP contribution < -0.4 is 15.4 Å². The summed E-state index contributed by atoms with van der Waals surface area (Å²) < 4.78 is 5.43. The molecule has 0 aliphatic rings. The molecule has 0 spiro atoms. The number of aromatic nitrogens is 1. The normalized spacial score (nSPS) is 10.4. The minimum atomic E-state index is -0.153. The van der Waals surface area contributed by atoms with E-state index in [1.54, 1.807) is 19.2 Å². The Balaban J connectivity index is 2.27. The van der Waals surface area contributed by atoms with E-state index in [1.807, 2.05) is 37.3 Å². The van der Waals surface area contributed by atoms with E-state index in [9.17, 15) is 4.79 Å². The van der Waals surface area contributed by atoms with Crippen LogP contribution in [0.4, 0.5) is 5.69 Å². The third-order valence-electron chi connectivity index (χ3n) is 3.94. The highest BCUT2D eigenvalue weighted by molar-refractivity contribution is 6.31. The molecule has 0 fully saturated rings. The van der Waals surface area contributed by atoms with Crippen LogP contribution in [0.15, 0.2) is 42.5 Å². The molecule has 0 saturated heterocycles. The number of ether oxygens (including phenoxy) is 1. The van der Waals surface area contributed by atoms with Crippen LogP contribution >= 0.6 is 11.6 Å². The molecule has 0 bridgehead atoms. The average molecular weight is 369 g/mol. The number of carbonyl (C=O) groups excluding carboxylic acids is 1. The lowest BCUT2D eigenvalue weighted by Crippen LogP contribution is -2.28.